The molecule has 2 N–H and O–H groups in total. The van der Waals surface area contributed by atoms with Crippen molar-refractivity contribution in [3.05, 3.63) is 24.8 Å². The van der Waals surface area contributed by atoms with Gasteiger partial charge in [-0.1, -0.05) is 0 Å². The first-order chi connectivity index (χ1) is 8.31. The lowest BCUT2D eigenvalue weighted by atomic mass is 10.0. The summed E-state index contributed by atoms with van der Waals surface area (Å²) in [6.45, 7) is 2.84. The van der Waals surface area contributed by atoms with Crippen LogP contribution in [0.3, 0.4) is 0 Å². The Balaban J connectivity index is 2.94. The highest BCUT2D eigenvalue weighted by molar-refractivity contribution is 14.1. The Labute approximate surface area is 133 Å². The quantitative estimate of drug-likeness (QED) is 0.660. The molecule has 1 atom stereocenters. The molecular formula is C12H13I2NO3. The number of ketones is 1. The predicted octanol–water partition coefficient (Wildman–Crippen LogP) is 2.24. The van der Waals surface area contributed by atoms with Gasteiger partial charge in [-0.2, -0.15) is 0 Å². The number of phenolic OH excluding ortho intramolecular Hbond substituents is 1. The molecule has 0 heterocycles. The number of hydrogen-bond acceptors (Lipinski definition) is 3. The molecule has 18 heavy (non-hydrogen) atoms. The Morgan fingerprint density at radius 1 is 1.28 bits per heavy atom. The maximum Gasteiger partial charge on any atom is 0.217 e. The first-order valence-electron chi connectivity index (χ1n) is 5.25. The topological polar surface area (TPSA) is 66.4 Å². The van der Waals surface area contributed by atoms with Crippen LogP contribution in [-0.2, 0) is 16.0 Å². The van der Waals surface area contributed by atoms with Gasteiger partial charge in [0.05, 0.1) is 13.2 Å². The molecule has 1 rings (SSSR count). The third-order valence-corrected chi connectivity index (χ3v) is 4.03. The zero-order valence-electron chi connectivity index (χ0n) is 9.96. The fourth-order valence-corrected chi connectivity index (χ4v) is 3.41. The maximum absolute atomic E-state index is 11.5. The molecule has 0 unspecified atom stereocenters. The van der Waals surface area contributed by atoms with Gasteiger partial charge >= 0.3 is 0 Å². The second-order valence-electron chi connectivity index (χ2n) is 3.98. The van der Waals surface area contributed by atoms with Gasteiger partial charge in [0.2, 0.25) is 5.91 Å². The number of nitrogens with one attached hydrogen (secondary N) is 1. The molecule has 1 aromatic rings. The van der Waals surface area contributed by atoms with Crippen molar-refractivity contribution in [1.29, 1.82) is 0 Å². The monoisotopic (exact) mass is 473 g/mol. The standard InChI is InChI=1S/C12H13I2NO3/c1-6(16)11(15-7(2)17)5-8-3-9(13)12(18)10(14)4-8/h3-4,11,18H,5H2,1-2H3,(H,15,17)/t11-/m1/s1. The molecule has 0 saturated heterocycles. The summed E-state index contributed by atoms with van der Waals surface area (Å²) in [6, 6.07) is 3.12. The normalized spacial score (nSPS) is 12.0. The summed E-state index contributed by atoms with van der Waals surface area (Å²) in [7, 11) is 0. The van der Waals surface area contributed by atoms with E-state index in [-0.39, 0.29) is 17.4 Å². The Hall–Kier alpha value is -0.380. The van der Waals surface area contributed by atoms with E-state index in [1.54, 1.807) is 0 Å². The molecule has 0 spiro atoms. The van der Waals surface area contributed by atoms with Crippen molar-refractivity contribution in [3.8, 4) is 5.75 Å². The fraction of sp³-hybridized carbons (Fsp3) is 0.333. The molecule has 0 aliphatic rings. The maximum atomic E-state index is 11.5. The van der Waals surface area contributed by atoms with Crippen LogP contribution in [0, 0.1) is 7.14 Å². The Morgan fingerprint density at radius 2 is 1.78 bits per heavy atom. The van der Waals surface area contributed by atoms with Crippen LogP contribution in [0.1, 0.15) is 19.4 Å². The number of carbonyl (C=O) groups is 2. The van der Waals surface area contributed by atoms with Crippen LogP contribution in [-0.4, -0.2) is 22.8 Å². The predicted molar refractivity (Wildman–Crippen MR) is 85.5 cm³/mol. The van der Waals surface area contributed by atoms with Gasteiger partial charge in [0.15, 0.2) is 5.78 Å². The van der Waals surface area contributed by atoms with Crippen molar-refractivity contribution in [1.82, 2.24) is 5.32 Å². The highest BCUT2D eigenvalue weighted by Crippen LogP contribution is 2.27. The summed E-state index contributed by atoms with van der Waals surface area (Å²) < 4.78 is 1.47. The molecule has 0 aromatic heterocycles. The van der Waals surface area contributed by atoms with E-state index in [2.05, 4.69) is 5.32 Å². The number of benzene rings is 1. The number of aromatic hydroxyl groups is 1. The van der Waals surface area contributed by atoms with Gasteiger partial charge in [-0.15, -0.1) is 0 Å². The summed E-state index contributed by atoms with van der Waals surface area (Å²) >= 11 is 4.08. The molecule has 6 heteroatoms. The first kappa shape index (κ1) is 15.7. The van der Waals surface area contributed by atoms with Crippen LogP contribution in [0.5, 0.6) is 5.75 Å². The number of carbonyl (C=O) groups excluding carboxylic acids is 2. The molecule has 0 bridgehead atoms. The van der Waals surface area contributed by atoms with E-state index in [0.29, 0.717) is 6.42 Å². The van der Waals surface area contributed by atoms with E-state index >= 15 is 0 Å². The minimum atomic E-state index is -0.515. The van der Waals surface area contributed by atoms with Crippen molar-refractivity contribution < 1.29 is 14.7 Å². The first-order valence-corrected chi connectivity index (χ1v) is 7.41. The summed E-state index contributed by atoms with van der Waals surface area (Å²) in [5, 5.41) is 12.3. The molecule has 0 fully saturated rings. The molecule has 0 radical (unpaired) electrons. The Bertz CT molecular complexity index is 465. The van der Waals surface area contributed by atoms with Gasteiger partial charge in [0.25, 0.3) is 0 Å². The van der Waals surface area contributed by atoms with Gasteiger partial charge in [0.1, 0.15) is 5.75 Å². The second-order valence-corrected chi connectivity index (χ2v) is 6.30. The third-order valence-electron chi connectivity index (χ3n) is 2.38. The van der Waals surface area contributed by atoms with Gasteiger partial charge in [-0.3, -0.25) is 9.59 Å². The number of hydrogen-bond donors (Lipinski definition) is 2. The zero-order chi connectivity index (χ0) is 13.9. The van der Waals surface area contributed by atoms with E-state index in [0.717, 1.165) is 12.7 Å². The Kier molecular flexibility index (Phi) is 5.83. The lowest BCUT2D eigenvalue weighted by Gasteiger charge is -2.15. The lowest BCUT2D eigenvalue weighted by molar-refractivity contribution is -0.125. The van der Waals surface area contributed by atoms with E-state index in [9.17, 15) is 14.7 Å². The van der Waals surface area contributed by atoms with Crippen LogP contribution in [0.2, 0.25) is 0 Å². The summed E-state index contributed by atoms with van der Waals surface area (Å²) in [4.78, 5) is 22.5. The molecule has 0 saturated carbocycles. The van der Waals surface area contributed by atoms with Crippen molar-refractivity contribution in [3.63, 3.8) is 0 Å². The summed E-state index contributed by atoms with van der Waals surface area (Å²) in [6.07, 6.45) is 0.432. The van der Waals surface area contributed by atoms with Crippen LogP contribution in [0.4, 0.5) is 0 Å². The van der Waals surface area contributed by atoms with Crippen molar-refractivity contribution >= 4 is 56.9 Å². The molecule has 0 aliphatic heterocycles. The van der Waals surface area contributed by atoms with E-state index < -0.39 is 6.04 Å². The lowest BCUT2D eigenvalue weighted by Crippen LogP contribution is -2.40. The smallest absolute Gasteiger partial charge is 0.217 e. The SMILES string of the molecule is CC(=O)N[C@H](Cc1cc(I)c(O)c(I)c1)C(C)=O. The van der Waals surface area contributed by atoms with E-state index in [1.165, 1.54) is 13.8 Å². The molecule has 1 amide bonds. The zero-order valence-corrected chi connectivity index (χ0v) is 14.3. The van der Waals surface area contributed by atoms with Crippen LogP contribution >= 0.6 is 45.2 Å². The van der Waals surface area contributed by atoms with Gasteiger partial charge in [-0.25, -0.2) is 0 Å². The average Bonchev–Trinajstić information content (AvgIpc) is 2.24. The van der Waals surface area contributed by atoms with Gasteiger partial charge in [-0.05, 0) is 76.2 Å². The summed E-state index contributed by atoms with van der Waals surface area (Å²) in [5.74, 6) is -0.0551. The van der Waals surface area contributed by atoms with E-state index in [4.69, 9.17) is 0 Å². The number of phenols is 1. The van der Waals surface area contributed by atoms with Crippen LogP contribution in [0.25, 0.3) is 0 Å². The van der Waals surface area contributed by atoms with Crippen LogP contribution in [0.15, 0.2) is 12.1 Å². The van der Waals surface area contributed by atoms with Gasteiger partial charge in [0, 0.05) is 6.92 Å². The minimum Gasteiger partial charge on any atom is -0.506 e. The van der Waals surface area contributed by atoms with E-state index in [1.807, 2.05) is 57.3 Å². The van der Waals surface area contributed by atoms with Crippen molar-refractivity contribution in [2.75, 3.05) is 0 Å². The summed E-state index contributed by atoms with van der Waals surface area (Å²) in [5.41, 5.74) is 0.913. The van der Waals surface area contributed by atoms with Crippen LogP contribution < -0.4 is 5.32 Å². The third kappa shape index (κ3) is 4.38. The second kappa shape index (κ2) is 6.69. The van der Waals surface area contributed by atoms with Crippen molar-refractivity contribution in [2.24, 2.45) is 0 Å². The number of rotatable bonds is 4. The molecule has 4 nitrogen and oxygen atoms in total. The molecule has 0 aliphatic carbocycles. The Morgan fingerprint density at radius 3 is 2.17 bits per heavy atom. The minimum absolute atomic E-state index is 0.0803. The number of Topliss-reactive ketones (excluding diaryl/α,β-unsaturated/α-hetero) is 1. The molecular weight excluding hydrogens is 460 g/mol. The number of amides is 1. The molecule has 1 aromatic carbocycles. The fourth-order valence-electron chi connectivity index (χ4n) is 1.51. The average molecular weight is 473 g/mol. The highest BCUT2D eigenvalue weighted by Gasteiger charge is 2.17. The molecule has 98 valence electrons. The highest BCUT2D eigenvalue weighted by atomic mass is 127. The van der Waals surface area contributed by atoms with Crippen molar-refractivity contribution in [2.45, 2.75) is 26.3 Å². The van der Waals surface area contributed by atoms with Gasteiger partial charge < -0.3 is 10.4 Å². The largest absolute Gasteiger partial charge is 0.506 e. The number of halogens is 2.